The molecule has 0 spiro atoms. The monoisotopic (exact) mass is 158 g/mol. The van der Waals surface area contributed by atoms with Crippen LogP contribution < -0.4 is 0 Å². The molecule has 0 fully saturated rings. The Morgan fingerprint density at radius 2 is 1.67 bits per heavy atom. The number of aliphatic carboxylic acids is 1. The smallest absolute Gasteiger partial charge is 0 e. The number of hydrogen-bond acceptors (Lipinski definition) is 1. The Morgan fingerprint density at radius 1 is 1.67 bits per heavy atom. The largest absolute Gasteiger partial charge is 0 e. The molecule has 0 saturated heterocycles. The van der Waals surface area contributed by atoms with Gasteiger partial charge in [0.2, 0.25) is 0 Å². The van der Waals surface area contributed by atoms with Crippen molar-refractivity contribution in [1.29, 1.82) is 0 Å². The van der Waals surface area contributed by atoms with E-state index in [2.05, 4.69) is 0 Å². The number of hydrogen-bond donors (Lipinski definition) is 1. The van der Waals surface area contributed by atoms with Crippen LogP contribution in [0.1, 0.15) is 6.92 Å². The summed E-state index contributed by atoms with van der Waals surface area (Å²) in [7, 11) is 0. The number of rotatable bonds is 0. The van der Waals surface area contributed by atoms with Gasteiger partial charge in [0, 0.05) is 23.4 Å². The molecule has 36 valence electrons. The third-order valence-electron chi connectivity index (χ3n) is 0. The van der Waals surface area contributed by atoms with Crippen molar-refractivity contribution >= 4 is 57.4 Å². The van der Waals surface area contributed by atoms with Gasteiger partial charge < -0.3 is 5.11 Å². The van der Waals surface area contributed by atoms with Crippen LogP contribution in [-0.2, 0) is 21.3 Å². The van der Waals surface area contributed by atoms with E-state index >= 15 is 0 Å². The summed E-state index contributed by atoms with van der Waals surface area (Å²) in [4.78, 5) is 9.00. The molecule has 0 rings (SSSR count). The van der Waals surface area contributed by atoms with Crippen molar-refractivity contribution in [3.05, 3.63) is 0 Å². The Balaban J connectivity index is -0.0000000450. The van der Waals surface area contributed by atoms with Crippen molar-refractivity contribution < 1.29 is 26.4 Å². The maximum absolute atomic E-state index is 9.00. The van der Waals surface area contributed by atoms with Gasteiger partial charge >= 0.3 is 51.4 Å². The van der Waals surface area contributed by atoms with Crippen molar-refractivity contribution in [2.24, 2.45) is 0 Å². The fourth-order valence-corrected chi connectivity index (χ4v) is 0. The van der Waals surface area contributed by atoms with E-state index in [1.54, 1.807) is 0 Å². The standard InChI is InChI=1S/C2H4O2.K.Ni.H/c1-2(3)4;;;/h1H3,(H,3,4);;;. The minimum Gasteiger partial charge on any atom is 0 e. The second kappa shape index (κ2) is 9.78. The Kier molecular flexibility index (Phi) is 25.5. The van der Waals surface area contributed by atoms with Crippen LogP contribution in [0.4, 0.5) is 0 Å². The van der Waals surface area contributed by atoms with Crippen LogP contribution in [0, 0.1) is 0 Å². The van der Waals surface area contributed by atoms with Gasteiger partial charge in [0.25, 0.3) is 5.97 Å². The van der Waals surface area contributed by atoms with Gasteiger partial charge in [-0.3, -0.25) is 4.79 Å². The van der Waals surface area contributed by atoms with E-state index < -0.39 is 5.97 Å². The third kappa shape index (κ3) is 46.3. The summed E-state index contributed by atoms with van der Waals surface area (Å²) in [5.74, 6) is -0.833. The van der Waals surface area contributed by atoms with Gasteiger partial charge in [-0.05, 0) is 0 Å². The van der Waals surface area contributed by atoms with Crippen molar-refractivity contribution in [2.45, 2.75) is 6.92 Å². The molecule has 0 heterocycles. The minimum atomic E-state index is -0.833. The van der Waals surface area contributed by atoms with Crippen LogP contribution >= 0.6 is 0 Å². The Bertz CT molecular complexity index is 34.5. The molecule has 0 saturated carbocycles. The molecule has 0 bridgehead atoms. The molecule has 0 aliphatic rings. The number of carboxylic acid groups (broad SMARTS) is 1. The Labute approximate surface area is 89.0 Å². The van der Waals surface area contributed by atoms with Crippen LogP contribution in [-0.4, -0.2) is 62.5 Å². The SMILES string of the molecule is CC(=O)O.[KH].[Ni]. The van der Waals surface area contributed by atoms with Gasteiger partial charge in [0.1, 0.15) is 0 Å². The van der Waals surface area contributed by atoms with Crippen LogP contribution in [0.15, 0.2) is 0 Å². The predicted octanol–water partition coefficient (Wildman–Crippen LogP) is -0.560. The van der Waals surface area contributed by atoms with Crippen LogP contribution in [0.3, 0.4) is 0 Å². The third-order valence-corrected chi connectivity index (χ3v) is 0. The van der Waals surface area contributed by atoms with Crippen LogP contribution in [0.25, 0.3) is 0 Å². The van der Waals surface area contributed by atoms with Gasteiger partial charge in [0.05, 0.1) is 0 Å². The summed E-state index contributed by atoms with van der Waals surface area (Å²) in [6.45, 7) is 1.08. The maximum atomic E-state index is 9.00. The second-order valence-corrected chi connectivity index (χ2v) is 0.519. The molecule has 1 N–H and O–H groups in total. The first-order chi connectivity index (χ1) is 1.73. The summed E-state index contributed by atoms with van der Waals surface area (Å²) in [6, 6.07) is 0. The van der Waals surface area contributed by atoms with Gasteiger partial charge in [-0.15, -0.1) is 0 Å². The predicted molar refractivity (Wildman–Crippen MR) is 20.5 cm³/mol. The summed E-state index contributed by atoms with van der Waals surface area (Å²) in [5, 5.41) is 7.42. The van der Waals surface area contributed by atoms with E-state index in [1.807, 2.05) is 0 Å². The molecule has 0 aliphatic heterocycles. The van der Waals surface area contributed by atoms with Gasteiger partial charge in [0.15, 0.2) is 0 Å². The van der Waals surface area contributed by atoms with Crippen LogP contribution in [0.2, 0.25) is 0 Å². The normalized spacial score (nSPS) is 4.17. The van der Waals surface area contributed by atoms with Gasteiger partial charge in [-0.2, -0.15) is 0 Å². The Morgan fingerprint density at radius 3 is 1.67 bits per heavy atom. The molecule has 0 amide bonds. The zero-order chi connectivity index (χ0) is 3.58. The topological polar surface area (TPSA) is 37.3 Å². The Hall–Kier alpha value is 1.60. The van der Waals surface area contributed by atoms with E-state index in [0.717, 1.165) is 6.92 Å². The van der Waals surface area contributed by atoms with E-state index in [4.69, 9.17) is 9.90 Å². The van der Waals surface area contributed by atoms with Gasteiger partial charge in [-0.1, -0.05) is 0 Å². The van der Waals surface area contributed by atoms with Gasteiger partial charge in [-0.25, -0.2) is 0 Å². The summed E-state index contributed by atoms with van der Waals surface area (Å²) in [5.41, 5.74) is 0. The summed E-state index contributed by atoms with van der Waals surface area (Å²) in [6.07, 6.45) is 0. The van der Waals surface area contributed by atoms with E-state index in [0.29, 0.717) is 0 Å². The first kappa shape index (κ1) is 15.6. The fourth-order valence-electron chi connectivity index (χ4n) is 0. The number of carbonyl (C=O) groups is 1. The average Bonchev–Trinajstić information content (AvgIpc) is 0.811. The molecular formula is C2H5KNiO2. The van der Waals surface area contributed by atoms with Crippen molar-refractivity contribution in [2.75, 3.05) is 0 Å². The molecule has 0 aromatic heterocycles. The molecule has 0 aromatic rings. The quantitative estimate of drug-likeness (QED) is 0.481. The van der Waals surface area contributed by atoms with Crippen molar-refractivity contribution in [1.82, 2.24) is 0 Å². The zero-order valence-corrected chi connectivity index (χ0v) is 3.66. The van der Waals surface area contributed by atoms with E-state index in [9.17, 15) is 0 Å². The number of carboxylic acids is 1. The molecule has 0 aromatic carbocycles. The second-order valence-electron chi connectivity index (χ2n) is 0.519. The van der Waals surface area contributed by atoms with E-state index in [-0.39, 0.29) is 67.9 Å². The summed E-state index contributed by atoms with van der Waals surface area (Å²) < 4.78 is 0. The average molecular weight is 159 g/mol. The fraction of sp³-hybridized carbons (Fsp3) is 0.500. The molecule has 0 aliphatic carbocycles. The molecule has 6 heavy (non-hydrogen) atoms. The first-order valence-corrected chi connectivity index (χ1v) is 0.928. The zero-order valence-electron chi connectivity index (χ0n) is 2.67. The van der Waals surface area contributed by atoms with Crippen molar-refractivity contribution in [3.8, 4) is 0 Å². The summed E-state index contributed by atoms with van der Waals surface area (Å²) >= 11 is 0. The first-order valence-electron chi connectivity index (χ1n) is 0.928. The molecule has 0 radical (unpaired) electrons. The molecular weight excluding hydrogens is 154 g/mol. The maximum Gasteiger partial charge on any atom is 0 e. The molecule has 0 unspecified atom stereocenters. The molecule has 0 atom stereocenters. The van der Waals surface area contributed by atoms with Crippen LogP contribution in [0.5, 0.6) is 0 Å². The minimum absolute atomic E-state index is 0. The van der Waals surface area contributed by atoms with E-state index in [1.165, 1.54) is 0 Å². The molecule has 2 nitrogen and oxygen atoms in total. The molecule has 4 heteroatoms. The van der Waals surface area contributed by atoms with Crippen molar-refractivity contribution in [3.63, 3.8) is 0 Å².